The molecule has 0 aromatic heterocycles. The quantitative estimate of drug-likeness (QED) is 0.204. The third kappa shape index (κ3) is 18.4. The lowest BCUT2D eigenvalue weighted by molar-refractivity contribution is -0.142. The molecule has 0 saturated carbocycles. The third-order valence-electron chi connectivity index (χ3n) is 5.30. The highest BCUT2D eigenvalue weighted by atomic mass is 16.4. The summed E-state index contributed by atoms with van der Waals surface area (Å²) in [5, 5.41) is 12.1. The molecule has 0 spiro atoms. The summed E-state index contributed by atoms with van der Waals surface area (Å²) in [5.74, 6) is -0.665. The van der Waals surface area contributed by atoms with E-state index in [1.165, 1.54) is 44.9 Å². The summed E-state index contributed by atoms with van der Waals surface area (Å²) >= 11 is 0. The molecule has 2 N–H and O–H groups in total. The van der Waals surface area contributed by atoms with Crippen molar-refractivity contribution in [1.82, 2.24) is 10.2 Å². The van der Waals surface area contributed by atoms with Gasteiger partial charge in [0.2, 0.25) is 5.91 Å². The molecule has 0 aromatic carbocycles. The molecule has 0 unspecified atom stereocenters. The maximum Gasteiger partial charge on any atom is 0.320 e. The Morgan fingerprint density at radius 1 is 0.862 bits per heavy atom. The number of unbranched alkanes of at least 4 members (excludes halogenated alkanes) is 10. The molecule has 0 heterocycles. The van der Waals surface area contributed by atoms with Crippen LogP contribution in [-0.4, -0.2) is 48.6 Å². The number of carboxylic acids is 1. The van der Waals surface area contributed by atoms with Crippen LogP contribution in [0.4, 0.5) is 0 Å². The predicted octanol–water partition coefficient (Wildman–Crippen LogP) is 5.55. The number of hydrogen-bond donors (Lipinski definition) is 2. The van der Waals surface area contributed by atoms with Gasteiger partial charge in [0, 0.05) is 13.0 Å². The summed E-state index contributed by atoms with van der Waals surface area (Å²) in [5.41, 5.74) is 0. The fraction of sp³-hybridized carbons (Fsp3) is 0.833. The molecule has 0 radical (unpaired) electrons. The van der Waals surface area contributed by atoms with Crippen LogP contribution >= 0.6 is 0 Å². The topological polar surface area (TPSA) is 69.6 Å². The molecule has 0 bridgehead atoms. The SMILES string of the molecule is CCCCCCCC/C=C/CCCCCC(=O)NCCCC[C@@H](C(=O)O)N(C)C. The molecule has 29 heavy (non-hydrogen) atoms. The van der Waals surface area contributed by atoms with Crippen molar-refractivity contribution in [2.24, 2.45) is 0 Å². The molecule has 5 nitrogen and oxygen atoms in total. The molecular formula is C24H46N2O3. The van der Waals surface area contributed by atoms with Crippen molar-refractivity contribution < 1.29 is 14.7 Å². The highest BCUT2D eigenvalue weighted by molar-refractivity contribution is 5.75. The van der Waals surface area contributed by atoms with Crippen molar-refractivity contribution >= 4 is 11.9 Å². The van der Waals surface area contributed by atoms with Gasteiger partial charge in [0.15, 0.2) is 0 Å². The normalized spacial score (nSPS) is 12.6. The summed E-state index contributed by atoms with van der Waals surface area (Å²) in [6, 6.07) is -0.439. The Bertz CT molecular complexity index is 436. The highest BCUT2D eigenvalue weighted by Crippen LogP contribution is 2.09. The maximum absolute atomic E-state index is 11.8. The van der Waals surface area contributed by atoms with Gasteiger partial charge in [-0.15, -0.1) is 0 Å². The molecular weight excluding hydrogens is 364 g/mol. The molecule has 0 rings (SSSR count). The van der Waals surface area contributed by atoms with Gasteiger partial charge in [-0.3, -0.25) is 14.5 Å². The van der Waals surface area contributed by atoms with Crippen molar-refractivity contribution in [3.63, 3.8) is 0 Å². The third-order valence-corrected chi connectivity index (χ3v) is 5.30. The zero-order valence-corrected chi connectivity index (χ0v) is 19.3. The number of amides is 1. The maximum atomic E-state index is 11.8. The van der Waals surface area contributed by atoms with Crippen molar-refractivity contribution in [3.05, 3.63) is 12.2 Å². The van der Waals surface area contributed by atoms with Crippen LogP contribution in [0.5, 0.6) is 0 Å². The average Bonchev–Trinajstić information content (AvgIpc) is 2.67. The Balaban J connectivity index is 3.44. The van der Waals surface area contributed by atoms with E-state index in [0.29, 0.717) is 19.4 Å². The predicted molar refractivity (Wildman–Crippen MR) is 122 cm³/mol. The molecule has 1 amide bonds. The molecule has 170 valence electrons. The number of hydrogen-bond acceptors (Lipinski definition) is 3. The zero-order chi connectivity index (χ0) is 21.7. The van der Waals surface area contributed by atoms with E-state index >= 15 is 0 Å². The minimum Gasteiger partial charge on any atom is -0.480 e. The first-order chi connectivity index (χ1) is 14.0. The molecule has 0 fully saturated rings. The van der Waals surface area contributed by atoms with Crippen molar-refractivity contribution in [2.75, 3.05) is 20.6 Å². The standard InChI is InChI=1S/C24H46N2O3/c1-4-5-6-7-8-9-10-11-12-13-14-15-16-20-23(27)25-21-18-17-19-22(24(28)29)26(2)3/h11-12,22H,4-10,13-21H2,1-3H3,(H,25,27)(H,28,29)/b12-11+/t22-/m0/s1. The van der Waals surface area contributed by atoms with Crippen LogP contribution in [0.25, 0.3) is 0 Å². The molecule has 1 atom stereocenters. The van der Waals surface area contributed by atoms with Crippen LogP contribution in [0.3, 0.4) is 0 Å². The van der Waals surface area contributed by atoms with Crippen molar-refractivity contribution in [3.8, 4) is 0 Å². The second-order valence-electron chi connectivity index (χ2n) is 8.29. The van der Waals surface area contributed by atoms with E-state index in [9.17, 15) is 9.59 Å². The van der Waals surface area contributed by atoms with Gasteiger partial charge in [-0.1, -0.05) is 57.6 Å². The summed E-state index contributed by atoms with van der Waals surface area (Å²) in [6.45, 7) is 2.89. The lowest BCUT2D eigenvalue weighted by Gasteiger charge is -2.19. The summed E-state index contributed by atoms with van der Waals surface area (Å²) < 4.78 is 0. The van der Waals surface area contributed by atoms with Gasteiger partial charge >= 0.3 is 5.97 Å². The highest BCUT2D eigenvalue weighted by Gasteiger charge is 2.18. The van der Waals surface area contributed by atoms with E-state index in [1.54, 1.807) is 19.0 Å². The largest absolute Gasteiger partial charge is 0.480 e. The second kappa shape index (κ2) is 19.9. The minimum absolute atomic E-state index is 0.117. The van der Waals surface area contributed by atoms with Gasteiger partial charge in [-0.05, 0) is 65.5 Å². The Morgan fingerprint density at radius 2 is 1.45 bits per heavy atom. The van der Waals surface area contributed by atoms with Crippen LogP contribution in [0.2, 0.25) is 0 Å². The van der Waals surface area contributed by atoms with Crippen LogP contribution < -0.4 is 5.32 Å². The molecule has 0 aliphatic rings. The summed E-state index contributed by atoms with van der Waals surface area (Å²) in [4.78, 5) is 24.7. The lowest BCUT2D eigenvalue weighted by Crippen LogP contribution is -2.35. The molecule has 0 aliphatic carbocycles. The Kier molecular flexibility index (Phi) is 19.0. The van der Waals surface area contributed by atoms with Gasteiger partial charge in [0.1, 0.15) is 6.04 Å². The van der Waals surface area contributed by atoms with Crippen LogP contribution in [0, 0.1) is 0 Å². The first kappa shape index (κ1) is 27.6. The van der Waals surface area contributed by atoms with E-state index < -0.39 is 12.0 Å². The van der Waals surface area contributed by atoms with Gasteiger partial charge in [-0.25, -0.2) is 0 Å². The number of carbonyl (C=O) groups excluding carboxylic acids is 1. The number of likely N-dealkylation sites (N-methyl/N-ethyl adjacent to an activating group) is 1. The zero-order valence-electron chi connectivity index (χ0n) is 19.3. The van der Waals surface area contributed by atoms with Gasteiger partial charge in [-0.2, -0.15) is 0 Å². The first-order valence-electron chi connectivity index (χ1n) is 11.8. The van der Waals surface area contributed by atoms with Gasteiger partial charge < -0.3 is 10.4 Å². The van der Waals surface area contributed by atoms with E-state index in [4.69, 9.17) is 5.11 Å². The fourth-order valence-corrected chi connectivity index (χ4v) is 3.38. The second-order valence-corrected chi connectivity index (χ2v) is 8.29. The molecule has 0 aliphatic heterocycles. The number of allylic oxidation sites excluding steroid dienone is 2. The Morgan fingerprint density at radius 3 is 2.03 bits per heavy atom. The summed E-state index contributed by atoms with van der Waals surface area (Å²) in [6.07, 6.45) is 21.1. The fourth-order valence-electron chi connectivity index (χ4n) is 3.38. The number of carbonyl (C=O) groups is 2. The van der Waals surface area contributed by atoms with Crippen LogP contribution in [0.15, 0.2) is 12.2 Å². The van der Waals surface area contributed by atoms with Crippen LogP contribution in [-0.2, 0) is 9.59 Å². The molecule has 5 heteroatoms. The number of carboxylic acid groups (broad SMARTS) is 1. The smallest absolute Gasteiger partial charge is 0.320 e. The number of nitrogens with one attached hydrogen (secondary N) is 1. The van der Waals surface area contributed by atoms with Gasteiger partial charge in [0.25, 0.3) is 0 Å². The van der Waals surface area contributed by atoms with Crippen molar-refractivity contribution in [2.45, 2.75) is 109 Å². The number of aliphatic carboxylic acids is 1. The molecule has 0 aromatic rings. The van der Waals surface area contributed by atoms with Gasteiger partial charge in [0.05, 0.1) is 0 Å². The number of rotatable bonds is 20. The van der Waals surface area contributed by atoms with E-state index in [1.807, 2.05) is 0 Å². The lowest BCUT2D eigenvalue weighted by atomic mass is 10.1. The summed E-state index contributed by atoms with van der Waals surface area (Å²) in [7, 11) is 3.57. The first-order valence-corrected chi connectivity index (χ1v) is 11.8. The Hall–Kier alpha value is -1.36. The van der Waals surface area contributed by atoms with E-state index in [2.05, 4.69) is 24.4 Å². The average molecular weight is 411 g/mol. The monoisotopic (exact) mass is 410 g/mol. The van der Waals surface area contributed by atoms with Crippen molar-refractivity contribution in [1.29, 1.82) is 0 Å². The minimum atomic E-state index is -0.781. The molecule has 0 saturated heterocycles. The number of nitrogens with zero attached hydrogens (tertiary/aromatic N) is 1. The van der Waals surface area contributed by atoms with E-state index in [-0.39, 0.29) is 5.91 Å². The van der Waals surface area contributed by atoms with E-state index in [0.717, 1.165) is 38.5 Å². The Labute approximate surface area is 179 Å². The van der Waals surface area contributed by atoms with Crippen LogP contribution in [0.1, 0.15) is 103 Å².